The molecule has 90 valence electrons. The van der Waals surface area contributed by atoms with Crippen LogP contribution in [-0.2, 0) is 11.2 Å². The fourth-order valence-corrected chi connectivity index (χ4v) is 3.15. The van der Waals surface area contributed by atoms with Crippen molar-refractivity contribution in [1.82, 2.24) is 5.32 Å². The molecule has 2 heterocycles. The van der Waals surface area contributed by atoms with Gasteiger partial charge in [0.05, 0.1) is 13.2 Å². The minimum absolute atomic E-state index is 0.00236. The second kappa shape index (κ2) is 4.42. The van der Waals surface area contributed by atoms with Crippen molar-refractivity contribution >= 4 is 21.8 Å². The van der Waals surface area contributed by atoms with Gasteiger partial charge in [0.2, 0.25) is 0 Å². The molecule has 0 spiro atoms. The van der Waals surface area contributed by atoms with Crippen LogP contribution in [0, 0.1) is 6.92 Å². The predicted molar refractivity (Wildman–Crippen MR) is 71.6 cm³/mol. The van der Waals surface area contributed by atoms with Crippen LogP contribution < -0.4 is 5.32 Å². The number of nitrogens with one attached hydrogen (secondary N) is 1. The standard InChI is InChI=1S/C13H15BrN2O/c1-8-6-9(14)7-11-10(8)2-5-17-12(11)13-15-3-4-16-13/h6-7,12H,2-5H2,1H3,(H,15,16). The van der Waals surface area contributed by atoms with Crippen molar-refractivity contribution in [2.75, 3.05) is 19.7 Å². The molecule has 1 N–H and O–H groups in total. The zero-order chi connectivity index (χ0) is 11.8. The quantitative estimate of drug-likeness (QED) is 0.863. The molecule has 2 aliphatic rings. The third-order valence-electron chi connectivity index (χ3n) is 3.34. The molecule has 3 rings (SSSR count). The Balaban J connectivity index is 2.06. The molecule has 0 saturated carbocycles. The molecule has 0 bridgehead atoms. The number of rotatable bonds is 1. The zero-order valence-electron chi connectivity index (χ0n) is 9.79. The SMILES string of the molecule is Cc1cc(Br)cc2c1CCOC2C1=NCCN1. The summed E-state index contributed by atoms with van der Waals surface area (Å²) in [6, 6.07) is 4.33. The van der Waals surface area contributed by atoms with Gasteiger partial charge < -0.3 is 10.1 Å². The van der Waals surface area contributed by atoms with Gasteiger partial charge in [-0.15, -0.1) is 0 Å². The largest absolute Gasteiger partial charge is 0.369 e. The van der Waals surface area contributed by atoms with E-state index in [0.29, 0.717) is 0 Å². The van der Waals surface area contributed by atoms with Crippen molar-refractivity contribution < 1.29 is 4.74 Å². The van der Waals surface area contributed by atoms with Crippen LogP contribution in [0.3, 0.4) is 0 Å². The number of fused-ring (bicyclic) bond motifs is 1. The third kappa shape index (κ3) is 2.00. The topological polar surface area (TPSA) is 33.6 Å². The van der Waals surface area contributed by atoms with Crippen LogP contribution in [-0.4, -0.2) is 25.5 Å². The summed E-state index contributed by atoms with van der Waals surface area (Å²) in [5.41, 5.74) is 4.01. The predicted octanol–water partition coefficient (Wildman–Crippen LogP) is 2.37. The number of halogens is 1. The van der Waals surface area contributed by atoms with Gasteiger partial charge in [0, 0.05) is 11.0 Å². The first-order valence-corrected chi connectivity index (χ1v) is 6.74. The fraction of sp³-hybridized carbons (Fsp3) is 0.462. The Bertz CT molecular complexity index is 485. The summed E-state index contributed by atoms with van der Waals surface area (Å²) in [6.07, 6.45) is 0.996. The lowest BCUT2D eigenvalue weighted by atomic mass is 9.93. The first kappa shape index (κ1) is 11.2. The Labute approximate surface area is 109 Å². The van der Waals surface area contributed by atoms with E-state index in [2.05, 4.69) is 45.3 Å². The lowest BCUT2D eigenvalue weighted by molar-refractivity contribution is 0.0858. The number of amidine groups is 1. The van der Waals surface area contributed by atoms with Crippen LogP contribution in [0.25, 0.3) is 0 Å². The van der Waals surface area contributed by atoms with Gasteiger partial charge in [-0.05, 0) is 42.2 Å². The first-order chi connectivity index (χ1) is 8.25. The van der Waals surface area contributed by atoms with E-state index in [9.17, 15) is 0 Å². The Kier molecular flexibility index (Phi) is 2.92. The number of aryl methyl sites for hydroxylation is 1. The molecule has 2 aliphatic heterocycles. The van der Waals surface area contributed by atoms with Gasteiger partial charge in [-0.3, -0.25) is 4.99 Å². The minimum atomic E-state index is -0.00236. The highest BCUT2D eigenvalue weighted by atomic mass is 79.9. The van der Waals surface area contributed by atoms with E-state index in [1.807, 2.05) is 0 Å². The molecule has 1 aromatic rings. The lowest BCUT2D eigenvalue weighted by Gasteiger charge is -2.27. The monoisotopic (exact) mass is 294 g/mol. The van der Waals surface area contributed by atoms with Gasteiger partial charge in [0.1, 0.15) is 11.9 Å². The van der Waals surface area contributed by atoms with Gasteiger partial charge in [0.15, 0.2) is 0 Å². The Morgan fingerprint density at radius 1 is 1.47 bits per heavy atom. The van der Waals surface area contributed by atoms with Crippen LogP contribution in [0.1, 0.15) is 22.8 Å². The molecular formula is C13H15BrN2O. The molecule has 3 nitrogen and oxygen atoms in total. The zero-order valence-corrected chi connectivity index (χ0v) is 11.4. The highest BCUT2D eigenvalue weighted by Gasteiger charge is 2.28. The molecule has 1 aromatic carbocycles. The van der Waals surface area contributed by atoms with Crippen molar-refractivity contribution in [3.63, 3.8) is 0 Å². The number of hydrogen-bond donors (Lipinski definition) is 1. The van der Waals surface area contributed by atoms with Crippen LogP contribution in [0.5, 0.6) is 0 Å². The minimum Gasteiger partial charge on any atom is -0.369 e. The maximum absolute atomic E-state index is 5.88. The second-order valence-corrected chi connectivity index (χ2v) is 5.40. The van der Waals surface area contributed by atoms with Crippen molar-refractivity contribution in [2.45, 2.75) is 19.4 Å². The van der Waals surface area contributed by atoms with Gasteiger partial charge in [-0.2, -0.15) is 0 Å². The molecule has 0 amide bonds. The van der Waals surface area contributed by atoms with Crippen LogP contribution in [0.4, 0.5) is 0 Å². The summed E-state index contributed by atoms with van der Waals surface area (Å²) >= 11 is 3.56. The van der Waals surface area contributed by atoms with E-state index >= 15 is 0 Å². The van der Waals surface area contributed by atoms with E-state index in [1.165, 1.54) is 16.7 Å². The van der Waals surface area contributed by atoms with E-state index in [1.54, 1.807) is 0 Å². The molecular weight excluding hydrogens is 280 g/mol. The highest BCUT2D eigenvalue weighted by Crippen LogP contribution is 2.33. The Hall–Kier alpha value is -0.870. The number of nitrogens with zero attached hydrogens (tertiary/aromatic N) is 1. The average molecular weight is 295 g/mol. The number of benzene rings is 1. The summed E-state index contributed by atoms with van der Waals surface area (Å²) in [4.78, 5) is 4.48. The van der Waals surface area contributed by atoms with Crippen molar-refractivity contribution in [3.8, 4) is 0 Å². The van der Waals surface area contributed by atoms with E-state index in [4.69, 9.17) is 4.74 Å². The van der Waals surface area contributed by atoms with Crippen LogP contribution >= 0.6 is 15.9 Å². The van der Waals surface area contributed by atoms with Crippen molar-refractivity contribution in [2.24, 2.45) is 4.99 Å². The maximum Gasteiger partial charge on any atom is 0.140 e. The Morgan fingerprint density at radius 2 is 2.35 bits per heavy atom. The van der Waals surface area contributed by atoms with Crippen LogP contribution in [0.15, 0.2) is 21.6 Å². The molecule has 0 fully saturated rings. The molecule has 0 aliphatic carbocycles. The summed E-state index contributed by atoms with van der Waals surface area (Å²) in [5.74, 6) is 0.989. The number of ether oxygens (including phenoxy) is 1. The van der Waals surface area contributed by atoms with Gasteiger partial charge in [-0.25, -0.2) is 0 Å². The molecule has 17 heavy (non-hydrogen) atoms. The summed E-state index contributed by atoms with van der Waals surface area (Å²) in [5, 5.41) is 3.32. The molecule has 0 radical (unpaired) electrons. The van der Waals surface area contributed by atoms with Gasteiger partial charge in [0.25, 0.3) is 0 Å². The normalized spacial score (nSPS) is 22.9. The molecule has 0 saturated heterocycles. The summed E-state index contributed by atoms with van der Waals surface area (Å²) < 4.78 is 7.00. The smallest absolute Gasteiger partial charge is 0.140 e. The van der Waals surface area contributed by atoms with Crippen molar-refractivity contribution in [1.29, 1.82) is 0 Å². The van der Waals surface area contributed by atoms with Crippen LogP contribution in [0.2, 0.25) is 0 Å². The summed E-state index contributed by atoms with van der Waals surface area (Å²) in [7, 11) is 0. The number of hydrogen-bond acceptors (Lipinski definition) is 3. The van der Waals surface area contributed by atoms with E-state index < -0.39 is 0 Å². The second-order valence-electron chi connectivity index (χ2n) is 4.49. The van der Waals surface area contributed by atoms with Gasteiger partial charge in [-0.1, -0.05) is 15.9 Å². The fourth-order valence-electron chi connectivity index (χ4n) is 2.56. The molecule has 0 aromatic heterocycles. The third-order valence-corrected chi connectivity index (χ3v) is 3.80. The molecule has 4 heteroatoms. The average Bonchev–Trinajstić information content (AvgIpc) is 2.81. The Morgan fingerprint density at radius 3 is 3.12 bits per heavy atom. The van der Waals surface area contributed by atoms with Gasteiger partial charge >= 0.3 is 0 Å². The number of aliphatic imine (C=N–C) groups is 1. The lowest BCUT2D eigenvalue weighted by Crippen LogP contribution is -2.31. The molecule has 1 unspecified atom stereocenters. The first-order valence-electron chi connectivity index (χ1n) is 5.94. The van der Waals surface area contributed by atoms with E-state index in [-0.39, 0.29) is 6.10 Å². The summed E-state index contributed by atoms with van der Waals surface area (Å²) in [6.45, 7) is 4.73. The maximum atomic E-state index is 5.88. The highest BCUT2D eigenvalue weighted by molar-refractivity contribution is 9.10. The van der Waals surface area contributed by atoms with E-state index in [0.717, 1.165) is 36.4 Å². The van der Waals surface area contributed by atoms with Crippen molar-refractivity contribution in [3.05, 3.63) is 33.3 Å². The molecule has 1 atom stereocenters.